The molecule has 2 aliphatic heterocycles. The molecule has 0 aliphatic carbocycles. The summed E-state index contributed by atoms with van der Waals surface area (Å²) in [4.78, 5) is 12.1. The van der Waals surface area contributed by atoms with Gasteiger partial charge in [-0.05, 0) is 46.5 Å². The van der Waals surface area contributed by atoms with Crippen LogP contribution in [0.2, 0.25) is 0 Å². The van der Waals surface area contributed by atoms with E-state index in [0.29, 0.717) is 36.2 Å². The fraction of sp³-hybridized carbons (Fsp3) is 0.417. The summed E-state index contributed by atoms with van der Waals surface area (Å²) < 4.78 is 19.3. The number of ether oxygens (including phenoxy) is 1. The Labute approximate surface area is 106 Å². The van der Waals surface area contributed by atoms with Gasteiger partial charge in [0.1, 0.15) is 5.82 Å². The zero-order valence-electron chi connectivity index (χ0n) is 9.06. The van der Waals surface area contributed by atoms with Gasteiger partial charge in [0.15, 0.2) is 0 Å². The molecule has 90 valence electrons. The number of carbonyl (C=O) groups is 1. The molecule has 0 bridgehead atoms. The van der Waals surface area contributed by atoms with Crippen LogP contribution in [0.1, 0.15) is 18.4 Å². The molecule has 1 aromatic rings. The van der Waals surface area contributed by atoms with Gasteiger partial charge in [-0.15, -0.1) is 0 Å². The van der Waals surface area contributed by atoms with Gasteiger partial charge in [0.25, 0.3) is 0 Å². The fourth-order valence-corrected chi connectivity index (χ4v) is 2.97. The van der Waals surface area contributed by atoms with Gasteiger partial charge < -0.3 is 10.1 Å². The Morgan fingerprint density at radius 2 is 2.06 bits per heavy atom. The molecule has 17 heavy (non-hydrogen) atoms. The summed E-state index contributed by atoms with van der Waals surface area (Å²) in [5, 5.41) is 2.83. The maximum atomic E-state index is 13.6. The second-order valence-corrected chi connectivity index (χ2v) is 5.31. The molecule has 0 aromatic heterocycles. The molecule has 3 nitrogen and oxygen atoms in total. The highest BCUT2D eigenvalue weighted by Gasteiger charge is 2.47. The van der Waals surface area contributed by atoms with E-state index < -0.39 is 5.41 Å². The van der Waals surface area contributed by atoms with Gasteiger partial charge in [0, 0.05) is 18.9 Å². The normalized spacial score (nSPS) is 21.4. The lowest BCUT2D eigenvalue weighted by Crippen LogP contribution is -2.40. The average Bonchev–Trinajstić information content (AvgIpc) is 2.56. The maximum Gasteiger partial charge on any atom is 0.235 e. The number of rotatable bonds is 0. The van der Waals surface area contributed by atoms with Gasteiger partial charge in [-0.2, -0.15) is 0 Å². The van der Waals surface area contributed by atoms with Crippen LogP contribution >= 0.6 is 15.9 Å². The van der Waals surface area contributed by atoms with Crippen molar-refractivity contribution in [2.45, 2.75) is 18.3 Å². The molecule has 0 atom stereocenters. The lowest BCUT2D eigenvalue weighted by Gasteiger charge is -2.31. The highest BCUT2D eigenvalue weighted by Crippen LogP contribution is 2.45. The van der Waals surface area contributed by atoms with Gasteiger partial charge >= 0.3 is 0 Å². The first-order valence-corrected chi connectivity index (χ1v) is 6.31. The average molecular weight is 300 g/mol. The molecule has 0 saturated carbocycles. The minimum atomic E-state index is -0.588. The van der Waals surface area contributed by atoms with E-state index in [1.807, 2.05) is 0 Å². The SMILES string of the molecule is O=C1Nc2cc(Br)c(F)cc2C12CCOCC2. The van der Waals surface area contributed by atoms with Crippen LogP contribution < -0.4 is 5.32 Å². The number of carbonyl (C=O) groups excluding carboxylic acids is 1. The second kappa shape index (κ2) is 3.78. The molecule has 1 fully saturated rings. The van der Waals surface area contributed by atoms with Crippen LogP contribution in [0.4, 0.5) is 10.1 Å². The summed E-state index contributed by atoms with van der Waals surface area (Å²) >= 11 is 3.13. The van der Waals surface area contributed by atoms with E-state index in [1.165, 1.54) is 6.07 Å². The molecular formula is C12H11BrFNO2. The predicted molar refractivity (Wildman–Crippen MR) is 64.5 cm³/mol. The Morgan fingerprint density at radius 3 is 2.76 bits per heavy atom. The van der Waals surface area contributed by atoms with Crippen LogP contribution in [0.3, 0.4) is 0 Å². The number of amides is 1. The summed E-state index contributed by atoms with van der Waals surface area (Å²) in [5.41, 5.74) is 0.895. The first-order chi connectivity index (χ1) is 8.13. The van der Waals surface area contributed by atoms with Gasteiger partial charge in [-0.25, -0.2) is 4.39 Å². The summed E-state index contributed by atoms with van der Waals surface area (Å²) in [6, 6.07) is 3.09. The zero-order chi connectivity index (χ0) is 12.0. The van der Waals surface area contributed by atoms with Crippen LogP contribution in [0.5, 0.6) is 0 Å². The number of nitrogens with one attached hydrogen (secondary N) is 1. The molecule has 1 N–H and O–H groups in total. The highest BCUT2D eigenvalue weighted by atomic mass is 79.9. The van der Waals surface area contributed by atoms with Crippen molar-refractivity contribution in [1.82, 2.24) is 0 Å². The van der Waals surface area contributed by atoms with Crippen LogP contribution in [0, 0.1) is 5.82 Å². The highest BCUT2D eigenvalue weighted by molar-refractivity contribution is 9.10. The van der Waals surface area contributed by atoms with E-state index in [9.17, 15) is 9.18 Å². The number of hydrogen-bond acceptors (Lipinski definition) is 2. The summed E-state index contributed by atoms with van der Waals surface area (Å²) in [6.07, 6.45) is 1.24. The third-order valence-electron chi connectivity index (χ3n) is 3.61. The van der Waals surface area contributed by atoms with Crippen molar-refractivity contribution in [2.75, 3.05) is 18.5 Å². The predicted octanol–water partition coefficient (Wildman–Crippen LogP) is 2.59. The topological polar surface area (TPSA) is 38.3 Å². The third-order valence-corrected chi connectivity index (χ3v) is 4.21. The molecule has 2 heterocycles. The van der Waals surface area contributed by atoms with E-state index in [1.54, 1.807) is 6.07 Å². The van der Waals surface area contributed by atoms with Crippen molar-refractivity contribution in [3.63, 3.8) is 0 Å². The third kappa shape index (κ3) is 1.52. The smallest absolute Gasteiger partial charge is 0.235 e. The Bertz CT molecular complexity index is 498. The molecule has 0 unspecified atom stereocenters. The van der Waals surface area contributed by atoms with Crippen molar-refractivity contribution in [1.29, 1.82) is 0 Å². The number of anilines is 1. The van der Waals surface area contributed by atoms with Crippen molar-refractivity contribution in [3.8, 4) is 0 Å². The first kappa shape index (κ1) is 11.2. The van der Waals surface area contributed by atoms with Crippen LogP contribution in [0.25, 0.3) is 0 Å². The lowest BCUT2D eigenvalue weighted by molar-refractivity contribution is -0.124. The second-order valence-electron chi connectivity index (χ2n) is 4.46. The molecule has 1 aromatic carbocycles. The van der Waals surface area contributed by atoms with Crippen LogP contribution in [-0.2, 0) is 14.9 Å². The Balaban J connectivity index is 2.15. The quantitative estimate of drug-likeness (QED) is 0.800. The zero-order valence-corrected chi connectivity index (χ0v) is 10.6. The summed E-state index contributed by atoms with van der Waals surface area (Å²) in [6.45, 7) is 1.09. The van der Waals surface area contributed by atoms with Crippen molar-refractivity contribution in [3.05, 3.63) is 28.0 Å². The monoisotopic (exact) mass is 299 g/mol. The first-order valence-electron chi connectivity index (χ1n) is 5.52. The van der Waals surface area contributed by atoms with Gasteiger partial charge in [-0.1, -0.05) is 0 Å². The molecular weight excluding hydrogens is 289 g/mol. The van der Waals surface area contributed by atoms with Crippen LogP contribution in [0.15, 0.2) is 16.6 Å². The van der Waals surface area contributed by atoms with Crippen molar-refractivity contribution >= 4 is 27.5 Å². The standard InChI is InChI=1S/C12H11BrFNO2/c13-8-6-10-7(5-9(8)14)12(11(16)15-10)1-3-17-4-2-12/h5-6H,1-4H2,(H,15,16). The van der Waals surface area contributed by atoms with E-state index in [4.69, 9.17) is 4.74 Å². The van der Waals surface area contributed by atoms with Gasteiger partial charge in [0.05, 0.1) is 9.89 Å². The van der Waals surface area contributed by atoms with E-state index in [2.05, 4.69) is 21.2 Å². The molecule has 1 amide bonds. The summed E-state index contributed by atoms with van der Waals surface area (Å²) in [5.74, 6) is -0.362. The van der Waals surface area contributed by atoms with Gasteiger partial charge in [0.2, 0.25) is 5.91 Å². The molecule has 2 aliphatic rings. The minimum absolute atomic E-state index is 0.0340. The molecule has 5 heteroatoms. The number of benzene rings is 1. The van der Waals surface area contributed by atoms with Crippen molar-refractivity contribution in [2.24, 2.45) is 0 Å². The van der Waals surface area contributed by atoms with E-state index >= 15 is 0 Å². The molecule has 0 radical (unpaired) electrons. The Morgan fingerprint density at radius 1 is 1.35 bits per heavy atom. The molecule has 1 saturated heterocycles. The molecule has 1 spiro atoms. The largest absolute Gasteiger partial charge is 0.381 e. The van der Waals surface area contributed by atoms with Crippen LogP contribution in [-0.4, -0.2) is 19.1 Å². The Hall–Kier alpha value is -0.940. The minimum Gasteiger partial charge on any atom is -0.381 e. The lowest BCUT2D eigenvalue weighted by atomic mass is 9.75. The van der Waals surface area contributed by atoms with E-state index in [-0.39, 0.29) is 11.7 Å². The number of hydrogen-bond donors (Lipinski definition) is 1. The van der Waals surface area contributed by atoms with Gasteiger partial charge in [-0.3, -0.25) is 4.79 Å². The van der Waals surface area contributed by atoms with Crippen molar-refractivity contribution < 1.29 is 13.9 Å². The maximum absolute atomic E-state index is 13.6. The summed E-state index contributed by atoms with van der Waals surface area (Å²) in [7, 11) is 0. The van der Waals surface area contributed by atoms with E-state index in [0.717, 1.165) is 5.56 Å². The Kier molecular flexibility index (Phi) is 2.48. The fourth-order valence-electron chi connectivity index (χ4n) is 2.63. The number of fused-ring (bicyclic) bond motifs is 2. The molecule has 3 rings (SSSR count). The number of halogens is 2.